The highest BCUT2D eigenvalue weighted by molar-refractivity contribution is 5.72. The third-order valence-corrected chi connectivity index (χ3v) is 0.577. The van der Waals surface area contributed by atoms with Crippen LogP contribution in [-0.4, -0.2) is 12.5 Å². The molecule has 0 aromatic carbocycles. The van der Waals surface area contributed by atoms with Crippen LogP contribution in [0, 0.1) is 0 Å². The van der Waals surface area contributed by atoms with Gasteiger partial charge in [-0.3, -0.25) is 4.79 Å². The molecule has 0 unspecified atom stereocenters. The highest BCUT2D eigenvalue weighted by Crippen LogP contribution is 2.17. The smallest absolute Gasteiger partial charge is 0.298 e. The molecule has 0 fully saturated rings. The number of carbonyl (C=O) groups excluding carboxylic acids is 1. The van der Waals surface area contributed by atoms with Gasteiger partial charge in [0.2, 0.25) is 0 Å². The molecule has 52 valence electrons. The summed E-state index contributed by atoms with van der Waals surface area (Å²) < 4.78 is 33.8. The summed E-state index contributed by atoms with van der Waals surface area (Å²) in [5.74, 6) is 0. The molecule has 0 bridgehead atoms. The van der Waals surface area contributed by atoms with Crippen LogP contribution >= 0.6 is 0 Å². The van der Waals surface area contributed by atoms with Gasteiger partial charge in [0.1, 0.15) is 6.29 Å². The van der Waals surface area contributed by atoms with E-state index in [1.807, 2.05) is 0 Å². The summed E-state index contributed by atoms with van der Waals surface area (Å²) >= 11 is 0. The maximum absolute atomic E-state index is 11.3. The number of rotatable bonds is 1. The van der Waals surface area contributed by atoms with Gasteiger partial charge in [0.15, 0.2) is 0 Å². The molecule has 4 heteroatoms. The van der Waals surface area contributed by atoms with Gasteiger partial charge in [-0.15, -0.1) is 0 Å². The molecule has 1 nitrogen and oxygen atoms in total. The van der Waals surface area contributed by atoms with Gasteiger partial charge in [0.25, 0.3) is 0 Å². The first-order valence-electron chi connectivity index (χ1n) is 2.17. The average Bonchev–Trinajstić information content (AvgIpc) is 1.62. The molecular weight excluding hydrogens is 133 g/mol. The molecule has 0 rings (SSSR count). The van der Waals surface area contributed by atoms with E-state index in [2.05, 4.69) is 0 Å². The molecule has 0 heterocycles. The van der Waals surface area contributed by atoms with Crippen LogP contribution in [0.15, 0.2) is 11.6 Å². The zero-order valence-corrected chi connectivity index (χ0v) is 4.70. The van der Waals surface area contributed by atoms with Crippen LogP contribution in [-0.2, 0) is 4.79 Å². The molecule has 0 aliphatic rings. The minimum atomic E-state index is -4.37. The van der Waals surface area contributed by atoms with Crippen molar-refractivity contribution in [1.82, 2.24) is 0 Å². The molecule has 9 heavy (non-hydrogen) atoms. The summed E-state index contributed by atoms with van der Waals surface area (Å²) in [6, 6.07) is 0. The Bertz CT molecular complexity index is 134. The lowest BCUT2D eigenvalue weighted by molar-refractivity contribution is -0.106. The normalized spacial score (nSPS) is 13.6. The van der Waals surface area contributed by atoms with E-state index in [1.165, 1.54) is 0 Å². The largest absolute Gasteiger partial charge is 0.410 e. The number of allylic oxidation sites excluding steroid dienone is 2. The van der Waals surface area contributed by atoms with Crippen molar-refractivity contribution in [2.75, 3.05) is 0 Å². The lowest BCUT2D eigenvalue weighted by Crippen LogP contribution is -2.02. The van der Waals surface area contributed by atoms with Gasteiger partial charge in [0, 0.05) is 6.08 Å². The van der Waals surface area contributed by atoms with E-state index in [0.717, 1.165) is 6.92 Å². The van der Waals surface area contributed by atoms with Crippen LogP contribution in [0.1, 0.15) is 6.92 Å². The number of aldehydes is 1. The van der Waals surface area contributed by atoms with Gasteiger partial charge >= 0.3 is 6.18 Å². The zero-order chi connectivity index (χ0) is 7.49. The summed E-state index contributed by atoms with van der Waals surface area (Å²) in [7, 11) is 0. The van der Waals surface area contributed by atoms with E-state index in [4.69, 9.17) is 0 Å². The fourth-order valence-corrected chi connectivity index (χ4v) is 0.292. The van der Waals surface area contributed by atoms with Gasteiger partial charge in [0.05, 0.1) is 0 Å². The Hall–Kier alpha value is -0.800. The fraction of sp³-hybridized carbons (Fsp3) is 0.400. The predicted molar refractivity (Wildman–Crippen MR) is 25.9 cm³/mol. The molecule has 0 aromatic heterocycles. The Balaban J connectivity index is 4.11. The summed E-state index contributed by atoms with van der Waals surface area (Å²) in [6.07, 6.45) is -4.25. The quantitative estimate of drug-likeness (QED) is 0.398. The molecule has 0 radical (unpaired) electrons. The highest BCUT2D eigenvalue weighted by atomic mass is 19.4. The number of halogens is 3. The van der Waals surface area contributed by atoms with Crippen molar-refractivity contribution in [1.29, 1.82) is 0 Å². The number of hydrogen-bond donors (Lipinski definition) is 0. The van der Waals surface area contributed by atoms with Crippen molar-refractivity contribution in [2.24, 2.45) is 0 Å². The first kappa shape index (κ1) is 8.20. The van der Waals surface area contributed by atoms with Crippen LogP contribution in [0.25, 0.3) is 0 Å². The second kappa shape index (κ2) is 2.66. The van der Waals surface area contributed by atoms with E-state index < -0.39 is 6.18 Å². The van der Waals surface area contributed by atoms with Gasteiger partial charge < -0.3 is 0 Å². The lowest BCUT2D eigenvalue weighted by atomic mass is 10.3. The predicted octanol–water partition coefficient (Wildman–Crippen LogP) is 1.69. The van der Waals surface area contributed by atoms with E-state index in [-0.39, 0.29) is 17.9 Å². The molecule has 0 aromatic rings. The minimum absolute atomic E-state index is 0.0417. The minimum Gasteiger partial charge on any atom is -0.298 e. The van der Waals surface area contributed by atoms with E-state index in [9.17, 15) is 18.0 Å². The van der Waals surface area contributed by atoms with Gasteiger partial charge in [-0.2, -0.15) is 13.2 Å². The average molecular weight is 138 g/mol. The Labute approximate surface area is 50.2 Å². The van der Waals surface area contributed by atoms with Crippen LogP contribution in [0.3, 0.4) is 0 Å². The second-order valence-corrected chi connectivity index (χ2v) is 1.55. The molecule has 0 aliphatic heterocycles. The molecule has 0 spiro atoms. The first-order valence-corrected chi connectivity index (χ1v) is 2.17. The monoisotopic (exact) mass is 138 g/mol. The van der Waals surface area contributed by atoms with Crippen LogP contribution in [0.5, 0.6) is 0 Å². The van der Waals surface area contributed by atoms with Crippen molar-refractivity contribution < 1.29 is 18.0 Å². The van der Waals surface area contributed by atoms with Crippen molar-refractivity contribution >= 4 is 6.29 Å². The van der Waals surface area contributed by atoms with Gasteiger partial charge in [-0.1, -0.05) is 0 Å². The van der Waals surface area contributed by atoms with Gasteiger partial charge in [-0.25, -0.2) is 0 Å². The SMILES string of the molecule is CC(C=O)=CC(F)(F)F. The van der Waals surface area contributed by atoms with Crippen molar-refractivity contribution in [3.63, 3.8) is 0 Å². The van der Waals surface area contributed by atoms with Gasteiger partial charge in [-0.05, 0) is 12.5 Å². The van der Waals surface area contributed by atoms with Crippen LogP contribution in [0.4, 0.5) is 13.2 Å². The highest BCUT2D eigenvalue weighted by Gasteiger charge is 2.22. The van der Waals surface area contributed by atoms with Crippen LogP contribution in [0.2, 0.25) is 0 Å². The van der Waals surface area contributed by atoms with Crippen molar-refractivity contribution in [3.05, 3.63) is 11.6 Å². The van der Waals surface area contributed by atoms with E-state index >= 15 is 0 Å². The number of carbonyl (C=O) groups is 1. The summed E-state index contributed by atoms with van der Waals surface area (Å²) in [6.45, 7) is 1.10. The molecule has 0 amide bonds. The lowest BCUT2D eigenvalue weighted by Gasteiger charge is -1.96. The summed E-state index contributed by atoms with van der Waals surface area (Å²) in [4.78, 5) is 9.61. The first-order chi connectivity index (χ1) is 3.95. The summed E-state index contributed by atoms with van der Waals surface area (Å²) in [5.41, 5.74) is -0.317. The van der Waals surface area contributed by atoms with Crippen molar-refractivity contribution in [2.45, 2.75) is 13.1 Å². The maximum Gasteiger partial charge on any atom is 0.410 e. The molecule has 0 atom stereocenters. The molecule has 0 N–H and O–H groups in total. The Morgan fingerprint density at radius 2 is 1.89 bits per heavy atom. The van der Waals surface area contributed by atoms with Crippen molar-refractivity contribution in [3.8, 4) is 0 Å². The maximum atomic E-state index is 11.3. The Kier molecular flexibility index (Phi) is 2.42. The number of alkyl halides is 3. The number of hydrogen-bond acceptors (Lipinski definition) is 1. The standard InChI is InChI=1S/C5H5F3O/c1-4(3-9)2-5(6,7)8/h2-3H,1H3. The molecular formula is C5H5F3O. The Morgan fingerprint density at radius 3 is 2.00 bits per heavy atom. The van der Waals surface area contributed by atoms with E-state index in [0.29, 0.717) is 0 Å². The molecule has 0 saturated heterocycles. The third-order valence-electron chi connectivity index (χ3n) is 0.577. The fourth-order valence-electron chi connectivity index (χ4n) is 0.292. The third kappa shape index (κ3) is 5.06. The van der Waals surface area contributed by atoms with Crippen LogP contribution < -0.4 is 0 Å². The topological polar surface area (TPSA) is 17.1 Å². The second-order valence-electron chi connectivity index (χ2n) is 1.55. The zero-order valence-electron chi connectivity index (χ0n) is 4.70. The summed E-state index contributed by atoms with van der Waals surface area (Å²) in [5, 5.41) is 0. The Morgan fingerprint density at radius 1 is 1.44 bits per heavy atom. The van der Waals surface area contributed by atoms with E-state index in [1.54, 1.807) is 0 Å². The molecule has 0 saturated carbocycles. The molecule has 0 aliphatic carbocycles.